The zero-order valence-corrected chi connectivity index (χ0v) is 13.1. The van der Waals surface area contributed by atoms with Gasteiger partial charge in [-0.25, -0.2) is 9.97 Å². The maximum absolute atomic E-state index is 4.71. The Morgan fingerprint density at radius 3 is 3.21 bits per heavy atom. The molecule has 4 aromatic rings. The Labute approximate surface area is 138 Å². The van der Waals surface area contributed by atoms with E-state index in [1.54, 1.807) is 6.20 Å². The fourth-order valence-corrected chi connectivity index (χ4v) is 2.62. The lowest BCUT2D eigenvalue weighted by Gasteiger charge is -1.96. The minimum absolute atomic E-state index is 0.697. The van der Waals surface area contributed by atoms with Gasteiger partial charge >= 0.3 is 0 Å². The lowest BCUT2D eigenvalue weighted by atomic mass is 10.3. The number of hydrogen-bond donors (Lipinski definition) is 2. The highest BCUT2D eigenvalue weighted by molar-refractivity contribution is 6.01. The minimum Gasteiger partial charge on any atom is -0.346 e. The van der Waals surface area contributed by atoms with Gasteiger partial charge in [-0.1, -0.05) is 6.08 Å². The zero-order chi connectivity index (χ0) is 16.4. The van der Waals surface area contributed by atoms with Gasteiger partial charge in [-0.3, -0.25) is 9.67 Å². The molecule has 0 fully saturated rings. The minimum atomic E-state index is 0.697. The van der Waals surface area contributed by atoms with Crippen LogP contribution in [0.25, 0.3) is 33.5 Å². The third-order valence-electron chi connectivity index (χ3n) is 3.80. The molecule has 4 aromatic heterocycles. The molecule has 0 atom stereocenters. The third kappa shape index (κ3) is 2.60. The summed E-state index contributed by atoms with van der Waals surface area (Å²) in [6.45, 7) is 5.09. The second-order valence-electron chi connectivity index (χ2n) is 5.45. The van der Waals surface area contributed by atoms with Crippen molar-refractivity contribution in [3.63, 3.8) is 0 Å². The number of nitrogens with one attached hydrogen (secondary N) is 2. The molecule has 0 aromatic carbocycles. The normalized spacial score (nSPS) is 11.8. The van der Waals surface area contributed by atoms with E-state index in [1.807, 2.05) is 41.6 Å². The summed E-state index contributed by atoms with van der Waals surface area (Å²) >= 11 is 0. The largest absolute Gasteiger partial charge is 0.346 e. The number of nitrogens with zero attached hydrogens (tertiary/aromatic N) is 5. The lowest BCUT2D eigenvalue weighted by Crippen LogP contribution is -2.01. The van der Waals surface area contributed by atoms with E-state index in [0.29, 0.717) is 6.54 Å². The van der Waals surface area contributed by atoms with E-state index >= 15 is 0 Å². The number of aromatic nitrogens is 6. The van der Waals surface area contributed by atoms with E-state index in [9.17, 15) is 0 Å². The Kier molecular flexibility index (Phi) is 3.66. The number of imidazole rings is 1. The number of aliphatic imine (C=N–C) groups is 1. The van der Waals surface area contributed by atoms with Crippen LogP contribution >= 0.6 is 0 Å². The number of fused-ring (bicyclic) bond motifs is 3. The number of pyridine rings is 1. The molecule has 7 nitrogen and oxygen atoms in total. The summed E-state index contributed by atoms with van der Waals surface area (Å²) in [5.41, 5.74) is 3.62. The summed E-state index contributed by atoms with van der Waals surface area (Å²) < 4.78 is 1.87. The van der Waals surface area contributed by atoms with Crippen molar-refractivity contribution in [3.8, 4) is 11.4 Å². The van der Waals surface area contributed by atoms with Crippen molar-refractivity contribution < 1.29 is 0 Å². The second-order valence-corrected chi connectivity index (χ2v) is 5.45. The third-order valence-corrected chi connectivity index (χ3v) is 3.80. The van der Waals surface area contributed by atoms with Gasteiger partial charge in [0.2, 0.25) is 0 Å². The molecule has 0 unspecified atom stereocenters. The summed E-state index contributed by atoms with van der Waals surface area (Å²) in [4.78, 5) is 19.8. The Balaban J connectivity index is 1.57. The molecule has 0 radical (unpaired) electrons. The number of hydrogen-bond acceptors (Lipinski definition) is 4. The molecule has 0 bridgehead atoms. The van der Waals surface area contributed by atoms with Crippen molar-refractivity contribution in [2.24, 2.45) is 4.99 Å². The summed E-state index contributed by atoms with van der Waals surface area (Å²) in [7, 11) is 0. The van der Waals surface area contributed by atoms with Gasteiger partial charge in [0.15, 0.2) is 0 Å². The van der Waals surface area contributed by atoms with Gasteiger partial charge < -0.3 is 9.97 Å². The molecular formula is C17H17N7. The van der Waals surface area contributed by atoms with Gasteiger partial charge in [-0.15, -0.1) is 6.58 Å². The van der Waals surface area contributed by atoms with Crippen LogP contribution < -0.4 is 0 Å². The smallest absolute Gasteiger partial charge is 0.141 e. The Bertz CT molecular complexity index is 1020. The maximum Gasteiger partial charge on any atom is 0.141 e. The molecule has 0 aliphatic carbocycles. The SMILES string of the molecule is C=CCC=NCCn1cc(-c2nc3c(cnc4[nH]ccc43)[nH]2)cn1. The van der Waals surface area contributed by atoms with E-state index in [0.717, 1.165) is 46.4 Å². The number of allylic oxidation sites excluding steroid dienone is 1. The second kappa shape index (κ2) is 6.11. The zero-order valence-electron chi connectivity index (χ0n) is 13.1. The quantitative estimate of drug-likeness (QED) is 0.423. The first-order valence-electron chi connectivity index (χ1n) is 7.79. The molecular weight excluding hydrogens is 302 g/mol. The summed E-state index contributed by atoms with van der Waals surface area (Å²) in [5.74, 6) is 0.793. The molecule has 7 heteroatoms. The van der Waals surface area contributed by atoms with E-state index < -0.39 is 0 Å². The van der Waals surface area contributed by atoms with Crippen molar-refractivity contribution in [1.29, 1.82) is 0 Å². The highest BCUT2D eigenvalue weighted by Gasteiger charge is 2.11. The first-order chi connectivity index (χ1) is 11.8. The average Bonchev–Trinajstić information content (AvgIpc) is 3.31. The van der Waals surface area contributed by atoms with Crippen LogP contribution in [0, 0.1) is 0 Å². The number of aromatic amines is 2. The number of rotatable bonds is 6. The van der Waals surface area contributed by atoms with Gasteiger partial charge in [0, 0.05) is 24.0 Å². The van der Waals surface area contributed by atoms with Crippen LogP contribution in [0.15, 0.2) is 48.5 Å². The molecule has 0 saturated carbocycles. The molecule has 0 amide bonds. The maximum atomic E-state index is 4.71. The van der Waals surface area contributed by atoms with Crippen LogP contribution in [0.3, 0.4) is 0 Å². The van der Waals surface area contributed by atoms with Gasteiger partial charge in [0.1, 0.15) is 17.0 Å². The van der Waals surface area contributed by atoms with Crippen LogP contribution in [-0.4, -0.2) is 42.5 Å². The highest BCUT2D eigenvalue weighted by Crippen LogP contribution is 2.24. The molecule has 4 rings (SSSR count). The van der Waals surface area contributed by atoms with Crippen LogP contribution in [-0.2, 0) is 6.54 Å². The molecule has 4 heterocycles. The summed E-state index contributed by atoms with van der Waals surface area (Å²) in [6.07, 6.45) is 11.9. The van der Waals surface area contributed by atoms with Gasteiger partial charge in [0.05, 0.1) is 36.6 Å². The Hall–Kier alpha value is -3.22. The number of H-pyrrole nitrogens is 2. The van der Waals surface area contributed by atoms with Crippen LogP contribution in [0.4, 0.5) is 0 Å². The van der Waals surface area contributed by atoms with Crippen molar-refractivity contribution in [1.82, 2.24) is 29.7 Å². The van der Waals surface area contributed by atoms with Crippen molar-refractivity contribution in [3.05, 3.63) is 43.5 Å². The van der Waals surface area contributed by atoms with Crippen LogP contribution in [0.1, 0.15) is 6.42 Å². The standard InChI is InChI=1S/C17H17N7/c1-2-3-5-18-7-8-24-11-12(9-21-24)16-22-14-10-20-17-13(4-6-19-17)15(14)23-16/h2,4-6,9-11H,1,3,7-8H2,(H,19,20)(H,22,23). The van der Waals surface area contributed by atoms with E-state index in [-0.39, 0.29) is 0 Å². The van der Waals surface area contributed by atoms with Crippen molar-refractivity contribution in [2.75, 3.05) is 6.54 Å². The monoisotopic (exact) mass is 319 g/mol. The van der Waals surface area contributed by atoms with Crippen LogP contribution in [0.2, 0.25) is 0 Å². The van der Waals surface area contributed by atoms with E-state index in [2.05, 4.69) is 31.6 Å². The predicted octanol–water partition coefficient (Wildman–Crippen LogP) is 2.95. The van der Waals surface area contributed by atoms with E-state index in [4.69, 9.17) is 4.98 Å². The highest BCUT2D eigenvalue weighted by atomic mass is 15.3. The molecule has 24 heavy (non-hydrogen) atoms. The molecule has 2 N–H and O–H groups in total. The predicted molar refractivity (Wildman–Crippen MR) is 95.1 cm³/mol. The average molecular weight is 319 g/mol. The first-order valence-corrected chi connectivity index (χ1v) is 7.79. The fraction of sp³-hybridized carbons (Fsp3) is 0.176. The molecule has 120 valence electrons. The topological polar surface area (TPSA) is 87.5 Å². The Morgan fingerprint density at radius 1 is 1.33 bits per heavy atom. The Morgan fingerprint density at radius 2 is 2.29 bits per heavy atom. The van der Waals surface area contributed by atoms with Gasteiger partial charge in [-0.2, -0.15) is 5.10 Å². The molecule has 0 spiro atoms. The van der Waals surface area contributed by atoms with Gasteiger partial charge in [0.25, 0.3) is 0 Å². The fourth-order valence-electron chi connectivity index (χ4n) is 2.62. The molecule has 0 aliphatic heterocycles. The van der Waals surface area contributed by atoms with Crippen LogP contribution in [0.5, 0.6) is 0 Å². The van der Waals surface area contributed by atoms with E-state index in [1.165, 1.54) is 0 Å². The molecule has 0 aliphatic rings. The summed E-state index contributed by atoms with van der Waals surface area (Å²) in [5, 5.41) is 5.39. The van der Waals surface area contributed by atoms with Gasteiger partial charge in [-0.05, 0) is 12.5 Å². The van der Waals surface area contributed by atoms with Crippen molar-refractivity contribution in [2.45, 2.75) is 13.0 Å². The summed E-state index contributed by atoms with van der Waals surface area (Å²) in [6, 6.07) is 1.99. The van der Waals surface area contributed by atoms with Crippen molar-refractivity contribution >= 4 is 28.3 Å². The molecule has 0 saturated heterocycles. The lowest BCUT2D eigenvalue weighted by molar-refractivity contribution is 0.626. The first kappa shape index (κ1) is 14.4.